The van der Waals surface area contributed by atoms with E-state index in [1.54, 1.807) is 28.8 Å². The maximum atomic E-state index is 12.0. The minimum atomic E-state index is -0.519. The van der Waals surface area contributed by atoms with Gasteiger partial charge in [-0.3, -0.25) is 9.69 Å². The van der Waals surface area contributed by atoms with E-state index in [0.29, 0.717) is 25.2 Å². The van der Waals surface area contributed by atoms with E-state index in [4.69, 9.17) is 5.73 Å². The van der Waals surface area contributed by atoms with Crippen LogP contribution in [0.2, 0.25) is 0 Å². The molecule has 0 bridgehead atoms. The standard InChI is InChI=1S/C15H22N4O2S/c1-22-9-6-13(16)14(20)18-11-4-2-5-12(10-11)19-8-3-7-17-15(19)21/h2,4-5,10,13H,3,6-9,16H2,1H3,(H,17,21)(H,18,20)/t13-/m0/s1. The van der Waals surface area contributed by atoms with Crippen LogP contribution in [0.3, 0.4) is 0 Å². The molecule has 1 aliphatic heterocycles. The smallest absolute Gasteiger partial charge is 0.321 e. The molecule has 0 saturated carbocycles. The van der Waals surface area contributed by atoms with Crippen molar-refractivity contribution in [3.05, 3.63) is 24.3 Å². The Balaban J connectivity index is 2.02. The summed E-state index contributed by atoms with van der Waals surface area (Å²) < 4.78 is 0. The molecule has 1 atom stereocenters. The molecule has 1 aromatic rings. The second kappa shape index (κ2) is 8.05. The van der Waals surface area contributed by atoms with Crippen LogP contribution in [0.1, 0.15) is 12.8 Å². The van der Waals surface area contributed by atoms with E-state index in [-0.39, 0.29) is 11.9 Å². The Morgan fingerprint density at radius 2 is 2.36 bits per heavy atom. The minimum absolute atomic E-state index is 0.105. The predicted molar refractivity (Wildman–Crippen MR) is 91.4 cm³/mol. The highest BCUT2D eigenvalue weighted by Crippen LogP contribution is 2.21. The number of nitrogens with one attached hydrogen (secondary N) is 2. The first-order valence-electron chi connectivity index (χ1n) is 7.32. The molecule has 0 unspecified atom stereocenters. The zero-order valence-corrected chi connectivity index (χ0v) is 13.5. The van der Waals surface area contributed by atoms with Gasteiger partial charge in [-0.2, -0.15) is 11.8 Å². The topological polar surface area (TPSA) is 87.5 Å². The van der Waals surface area contributed by atoms with Crippen LogP contribution in [-0.2, 0) is 4.79 Å². The van der Waals surface area contributed by atoms with Crippen molar-refractivity contribution in [1.29, 1.82) is 0 Å². The fourth-order valence-corrected chi connectivity index (χ4v) is 2.73. The first kappa shape index (κ1) is 16.6. The van der Waals surface area contributed by atoms with Crippen molar-refractivity contribution in [3.8, 4) is 0 Å². The normalized spacial score (nSPS) is 16.1. The summed E-state index contributed by atoms with van der Waals surface area (Å²) in [7, 11) is 0. The van der Waals surface area contributed by atoms with Crippen molar-refractivity contribution in [2.45, 2.75) is 18.9 Å². The van der Waals surface area contributed by atoms with E-state index in [1.165, 1.54) is 0 Å². The van der Waals surface area contributed by atoms with Gasteiger partial charge in [-0.1, -0.05) is 6.07 Å². The summed E-state index contributed by atoms with van der Waals surface area (Å²) in [5.41, 5.74) is 7.28. The maximum absolute atomic E-state index is 12.0. The van der Waals surface area contributed by atoms with Crippen LogP contribution < -0.4 is 21.3 Å². The predicted octanol–water partition coefficient (Wildman–Crippen LogP) is 1.63. The van der Waals surface area contributed by atoms with Crippen LogP contribution in [0, 0.1) is 0 Å². The number of urea groups is 1. The fourth-order valence-electron chi connectivity index (χ4n) is 2.24. The van der Waals surface area contributed by atoms with Gasteiger partial charge in [0.2, 0.25) is 5.91 Å². The van der Waals surface area contributed by atoms with Crippen molar-refractivity contribution in [3.63, 3.8) is 0 Å². The number of carbonyl (C=O) groups excluding carboxylic acids is 2. The molecule has 7 heteroatoms. The number of nitrogens with zero attached hydrogens (tertiary/aromatic N) is 1. The van der Waals surface area contributed by atoms with Gasteiger partial charge in [0.05, 0.1) is 6.04 Å². The summed E-state index contributed by atoms with van der Waals surface area (Å²) >= 11 is 1.66. The molecular formula is C15H22N4O2S. The quantitative estimate of drug-likeness (QED) is 0.743. The average Bonchev–Trinajstić information content (AvgIpc) is 2.53. The third-order valence-corrected chi connectivity index (χ3v) is 4.12. The van der Waals surface area contributed by atoms with Crippen molar-refractivity contribution < 1.29 is 9.59 Å². The molecule has 22 heavy (non-hydrogen) atoms. The lowest BCUT2D eigenvalue weighted by atomic mass is 10.2. The Hall–Kier alpha value is -1.73. The Bertz CT molecular complexity index is 538. The third kappa shape index (κ3) is 4.38. The molecule has 1 aromatic carbocycles. The van der Waals surface area contributed by atoms with Gasteiger partial charge in [0, 0.05) is 24.5 Å². The number of benzene rings is 1. The first-order valence-corrected chi connectivity index (χ1v) is 8.72. The van der Waals surface area contributed by atoms with Crippen LogP contribution in [0.15, 0.2) is 24.3 Å². The molecule has 6 nitrogen and oxygen atoms in total. The van der Waals surface area contributed by atoms with Crippen LogP contribution >= 0.6 is 11.8 Å². The van der Waals surface area contributed by atoms with Gasteiger partial charge < -0.3 is 16.4 Å². The number of thioether (sulfide) groups is 1. The summed E-state index contributed by atoms with van der Waals surface area (Å²) in [6.07, 6.45) is 3.53. The van der Waals surface area contributed by atoms with E-state index in [2.05, 4.69) is 10.6 Å². The minimum Gasteiger partial charge on any atom is -0.338 e. The highest BCUT2D eigenvalue weighted by atomic mass is 32.2. The molecule has 1 aliphatic rings. The second-order valence-corrected chi connectivity index (χ2v) is 6.15. The van der Waals surface area contributed by atoms with Gasteiger partial charge in [0.15, 0.2) is 0 Å². The van der Waals surface area contributed by atoms with Gasteiger partial charge in [-0.25, -0.2) is 4.79 Å². The fraction of sp³-hybridized carbons (Fsp3) is 0.467. The van der Waals surface area contributed by atoms with Gasteiger partial charge in [0.25, 0.3) is 0 Å². The second-order valence-electron chi connectivity index (χ2n) is 5.16. The largest absolute Gasteiger partial charge is 0.338 e. The lowest BCUT2D eigenvalue weighted by Gasteiger charge is -2.27. The lowest BCUT2D eigenvalue weighted by Crippen LogP contribution is -2.46. The molecule has 1 fully saturated rings. The van der Waals surface area contributed by atoms with E-state index in [0.717, 1.165) is 17.9 Å². The van der Waals surface area contributed by atoms with Crippen LogP contribution in [-0.4, -0.2) is 43.1 Å². The van der Waals surface area contributed by atoms with E-state index in [9.17, 15) is 9.59 Å². The Kier molecular flexibility index (Phi) is 6.09. The van der Waals surface area contributed by atoms with Crippen molar-refractivity contribution in [2.75, 3.05) is 35.3 Å². The van der Waals surface area contributed by atoms with Crippen molar-refractivity contribution in [2.24, 2.45) is 5.73 Å². The van der Waals surface area contributed by atoms with Gasteiger partial charge in [-0.15, -0.1) is 0 Å². The van der Waals surface area contributed by atoms with E-state index >= 15 is 0 Å². The monoisotopic (exact) mass is 322 g/mol. The molecule has 1 heterocycles. The molecule has 0 radical (unpaired) electrons. The SMILES string of the molecule is CSCC[C@H](N)C(=O)Nc1cccc(N2CCCNC2=O)c1. The van der Waals surface area contributed by atoms with E-state index < -0.39 is 6.04 Å². The Labute approximate surface area is 134 Å². The number of nitrogens with two attached hydrogens (primary N) is 1. The van der Waals surface area contributed by atoms with Gasteiger partial charge >= 0.3 is 6.03 Å². The molecule has 1 saturated heterocycles. The number of hydrogen-bond acceptors (Lipinski definition) is 4. The molecule has 0 aliphatic carbocycles. The van der Waals surface area contributed by atoms with Gasteiger partial charge in [0.1, 0.15) is 0 Å². The van der Waals surface area contributed by atoms with Crippen LogP contribution in [0.5, 0.6) is 0 Å². The van der Waals surface area contributed by atoms with E-state index in [1.807, 2.05) is 18.4 Å². The van der Waals surface area contributed by atoms with Crippen molar-refractivity contribution in [1.82, 2.24) is 5.32 Å². The highest BCUT2D eigenvalue weighted by molar-refractivity contribution is 7.98. The molecule has 2 rings (SSSR count). The number of carbonyl (C=O) groups is 2. The number of hydrogen-bond donors (Lipinski definition) is 3. The molecule has 4 N–H and O–H groups in total. The highest BCUT2D eigenvalue weighted by Gasteiger charge is 2.20. The molecule has 0 spiro atoms. The first-order chi connectivity index (χ1) is 10.6. The van der Waals surface area contributed by atoms with Gasteiger partial charge in [-0.05, 0) is 43.0 Å². The third-order valence-electron chi connectivity index (χ3n) is 3.47. The maximum Gasteiger partial charge on any atom is 0.321 e. The lowest BCUT2D eigenvalue weighted by molar-refractivity contribution is -0.117. The summed E-state index contributed by atoms with van der Waals surface area (Å²) in [5, 5.41) is 5.62. The Morgan fingerprint density at radius 3 is 3.09 bits per heavy atom. The summed E-state index contributed by atoms with van der Waals surface area (Å²) in [6, 6.07) is 6.64. The zero-order chi connectivity index (χ0) is 15.9. The van der Waals surface area contributed by atoms with Crippen LogP contribution in [0.25, 0.3) is 0 Å². The molecular weight excluding hydrogens is 300 g/mol. The number of amides is 3. The molecule has 0 aromatic heterocycles. The summed E-state index contributed by atoms with van der Waals surface area (Å²) in [4.78, 5) is 25.6. The van der Waals surface area contributed by atoms with Crippen molar-refractivity contribution >= 4 is 35.1 Å². The summed E-state index contributed by atoms with van der Waals surface area (Å²) in [5.74, 6) is 0.650. The number of rotatable bonds is 6. The molecule has 3 amide bonds. The Morgan fingerprint density at radius 1 is 1.55 bits per heavy atom. The summed E-state index contributed by atoms with van der Waals surface area (Å²) in [6.45, 7) is 1.38. The zero-order valence-electron chi connectivity index (χ0n) is 12.7. The molecule has 120 valence electrons. The van der Waals surface area contributed by atoms with Crippen LogP contribution in [0.4, 0.5) is 16.2 Å². The number of anilines is 2. The average molecular weight is 322 g/mol.